The Morgan fingerprint density at radius 3 is 2.71 bits per heavy atom. The molecule has 0 aliphatic rings. The number of benzene rings is 2. The molecule has 3 aromatic rings. The van der Waals surface area contributed by atoms with Crippen LogP contribution in [0.4, 0.5) is 5.69 Å². The van der Waals surface area contributed by atoms with E-state index in [0.29, 0.717) is 27.2 Å². The highest BCUT2D eigenvalue weighted by Crippen LogP contribution is 2.29. The number of para-hydroxylation sites is 1. The van der Waals surface area contributed by atoms with E-state index in [1.54, 1.807) is 30.3 Å². The van der Waals surface area contributed by atoms with Crippen molar-refractivity contribution in [1.29, 1.82) is 0 Å². The monoisotopic (exact) mass is 419 g/mol. The summed E-state index contributed by atoms with van der Waals surface area (Å²) in [4.78, 5) is 27.5. The first-order valence-corrected chi connectivity index (χ1v) is 8.92. The maximum atomic E-state index is 12.0. The molecule has 0 unspecified atom stereocenters. The Morgan fingerprint density at radius 1 is 1.14 bits per heavy atom. The number of carboxylic acid groups (broad SMARTS) is 1. The van der Waals surface area contributed by atoms with Crippen LogP contribution in [0.5, 0.6) is 0 Å². The van der Waals surface area contributed by atoms with Crippen LogP contribution in [-0.2, 0) is 11.3 Å². The van der Waals surface area contributed by atoms with E-state index < -0.39 is 11.9 Å². The lowest BCUT2D eigenvalue weighted by molar-refractivity contribution is -0.115. The third-order valence-electron chi connectivity index (χ3n) is 3.75. The van der Waals surface area contributed by atoms with Crippen molar-refractivity contribution in [3.8, 4) is 11.3 Å². The smallest absolute Gasteiger partial charge is 0.337 e. The summed E-state index contributed by atoms with van der Waals surface area (Å²) in [6.45, 7) is 0.149. The Hall–Kier alpha value is -2.87. The van der Waals surface area contributed by atoms with Gasteiger partial charge in [0.15, 0.2) is 0 Å². The molecular formula is C19H15Cl2N3O4. The zero-order valence-electron chi connectivity index (χ0n) is 14.4. The van der Waals surface area contributed by atoms with E-state index in [-0.39, 0.29) is 24.3 Å². The van der Waals surface area contributed by atoms with Crippen molar-refractivity contribution >= 4 is 40.8 Å². The van der Waals surface area contributed by atoms with E-state index in [0.717, 1.165) is 0 Å². The molecule has 0 aliphatic carbocycles. The summed E-state index contributed by atoms with van der Waals surface area (Å²) < 4.78 is 5.38. The number of rotatable bonds is 7. The standard InChI is InChI=1S/C19H15Cl2N3O4/c20-11-5-6-14(21)13(7-11)16-10-28-18(24-16)9-22-8-17(25)23-15-4-2-1-3-12(15)19(26)27/h1-7,10,22H,8-9H2,(H,23,25)(H,26,27). The highest BCUT2D eigenvalue weighted by atomic mass is 35.5. The molecule has 1 amide bonds. The van der Waals surface area contributed by atoms with E-state index in [1.165, 1.54) is 18.4 Å². The molecule has 0 saturated heterocycles. The summed E-state index contributed by atoms with van der Waals surface area (Å²) >= 11 is 12.1. The van der Waals surface area contributed by atoms with Crippen LogP contribution in [0.3, 0.4) is 0 Å². The second kappa shape index (κ2) is 8.88. The highest BCUT2D eigenvalue weighted by molar-refractivity contribution is 6.35. The number of halogens is 2. The first-order valence-electron chi connectivity index (χ1n) is 8.17. The molecule has 0 fully saturated rings. The molecule has 1 heterocycles. The van der Waals surface area contributed by atoms with Gasteiger partial charge in [-0.05, 0) is 30.3 Å². The van der Waals surface area contributed by atoms with Crippen LogP contribution in [0.2, 0.25) is 10.0 Å². The maximum absolute atomic E-state index is 12.0. The van der Waals surface area contributed by atoms with E-state index in [9.17, 15) is 9.59 Å². The van der Waals surface area contributed by atoms with Crippen molar-refractivity contribution in [3.63, 3.8) is 0 Å². The second-order valence-electron chi connectivity index (χ2n) is 5.75. The lowest BCUT2D eigenvalue weighted by Crippen LogP contribution is -2.28. The van der Waals surface area contributed by atoms with Crippen molar-refractivity contribution < 1.29 is 19.1 Å². The number of aromatic nitrogens is 1. The van der Waals surface area contributed by atoms with Gasteiger partial charge in [-0.15, -0.1) is 0 Å². The normalized spacial score (nSPS) is 10.6. The van der Waals surface area contributed by atoms with E-state index >= 15 is 0 Å². The third kappa shape index (κ3) is 4.89. The van der Waals surface area contributed by atoms with Gasteiger partial charge in [0.1, 0.15) is 12.0 Å². The number of nitrogens with one attached hydrogen (secondary N) is 2. The molecule has 0 spiro atoms. The molecule has 3 N–H and O–H groups in total. The Kier molecular flexibility index (Phi) is 6.30. The first-order chi connectivity index (χ1) is 13.4. The number of nitrogens with zero attached hydrogens (tertiary/aromatic N) is 1. The fraction of sp³-hybridized carbons (Fsp3) is 0.105. The van der Waals surface area contributed by atoms with Crippen LogP contribution in [0.1, 0.15) is 16.2 Å². The Labute approximate surface area is 170 Å². The van der Waals surface area contributed by atoms with Gasteiger partial charge in [0.25, 0.3) is 0 Å². The predicted molar refractivity (Wildman–Crippen MR) is 106 cm³/mol. The van der Waals surface area contributed by atoms with E-state index in [1.807, 2.05) is 0 Å². The molecule has 0 aliphatic heterocycles. The molecule has 3 rings (SSSR count). The summed E-state index contributed by atoms with van der Waals surface area (Å²) in [6.07, 6.45) is 1.46. The number of carbonyl (C=O) groups is 2. The third-order valence-corrected chi connectivity index (χ3v) is 4.31. The van der Waals surface area contributed by atoms with Gasteiger partial charge >= 0.3 is 5.97 Å². The van der Waals surface area contributed by atoms with Gasteiger partial charge in [-0.2, -0.15) is 0 Å². The lowest BCUT2D eigenvalue weighted by Gasteiger charge is -2.08. The zero-order valence-corrected chi connectivity index (χ0v) is 15.9. The van der Waals surface area contributed by atoms with Crippen molar-refractivity contribution in [2.24, 2.45) is 0 Å². The number of aromatic carboxylic acids is 1. The number of hydrogen-bond acceptors (Lipinski definition) is 5. The minimum atomic E-state index is -1.11. The molecule has 144 valence electrons. The van der Waals surface area contributed by atoms with E-state index in [4.69, 9.17) is 32.7 Å². The number of carboxylic acids is 1. The van der Waals surface area contributed by atoms with Gasteiger partial charge in [-0.25, -0.2) is 9.78 Å². The van der Waals surface area contributed by atoms with Crippen molar-refractivity contribution in [1.82, 2.24) is 10.3 Å². The molecule has 0 atom stereocenters. The number of anilines is 1. The molecule has 28 heavy (non-hydrogen) atoms. The molecular weight excluding hydrogens is 405 g/mol. The minimum absolute atomic E-state index is 0.0200. The average Bonchev–Trinajstić information content (AvgIpc) is 3.12. The van der Waals surface area contributed by atoms with Gasteiger partial charge in [0.05, 0.1) is 29.4 Å². The van der Waals surface area contributed by atoms with Crippen LogP contribution in [0.15, 0.2) is 53.1 Å². The van der Waals surface area contributed by atoms with Crippen molar-refractivity contribution in [3.05, 3.63) is 70.2 Å². The molecule has 0 radical (unpaired) electrons. The fourth-order valence-corrected chi connectivity index (χ4v) is 2.85. The van der Waals surface area contributed by atoms with Crippen LogP contribution in [0.25, 0.3) is 11.3 Å². The largest absolute Gasteiger partial charge is 0.478 e. The van der Waals surface area contributed by atoms with Crippen molar-refractivity contribution in [2.45, 2.75) is 6.54 Å². The van der Waals surface area contributed by atoms with Crippen LogP contribution < -0.4 is 10.6 Å². The van der Waals surface area contributed by atoms with Crippen LogP contribution in [-0.4, -0.2) is 28.5 Å². The maximum Gasteiger partial charge on any atom is 0.337 e. The number of oxazole rings is 1. The molecule has 9 heteroatoms. The summed E-state index contributed by atoms with van der Waals surface area (Å²) in [5.74, 6) is -1.14. The number of hydrogen-bond donors (Lipinski definition) is 3. The van der Waals surface area contributed by atoms with Gasteiger partial charge in [0.2, 0.25) is 11.8 Å². The van der Waals surface area contributed by atoms with Gasteiger partial charge < -0.3 is 14.8 Å². The summed E-state index contributed by atoms with van der Waals surface area (Å²) in [5.41, 5.74) is 1.43. The SMILES string of the molecule is O=C(CNCc1nc(-c2cc(Cl)ccc2Cl)co1)Nc1ccccc1C(=O)O. The highest BCUT2D eigenvalue weighted by Gasteiger charge is 2.13. The van der Waals surface area contributed by atoms with Crippen LogP contribution in [0, 0.1) is 0 Å². The summed E-state index contributed by atoms with van der Waals surface area (Å²) in [6, 6.07) is 11.2. The molecule has 0 saturated carbocycles. The van der Waals surface area contributed by atoms with Crippen LogP contribution >= 0.6 is 23.2 Å². The Bertz CT molecular complexity index is 1020. The van der Waals surface area contributed by atoms with E-state index in [2.05, 4.69) is 15.6 Å². The molecule has 7 nitrogen and oxygen atoms in total. The minimum Gasteiger partial charge on any atom is -0.478 e. The van der Waals surface area contributed by atoms with Crippen molar-refractivity contribution in [2.75, 3.05) is 11.9 Å². The quantitative estimate of drug-likeness (QED) is 0.532. The topological polar surface area (TPSA) is 104 Å². The van der Waals surface area contributed by atoms with Gasteiger partial charge in [0, 0.05) is 10.6 Å². The average molecular weight is 420 g/mol. The Balaban J connectivity index is 1.56. The molecule has 2 aromatic carbocycles. The fourth-order valence-electron chi connectivity index (χ4n) is 2.47. The first kappa shape index (κ1) is 19.9. The second-order valence-corrected chi connectivity index (χ2v) is 6.60. The Morgan fingerprint density at radius 2 is 1.93 bits per heavy atom. The van der Waals surface area contributed by atoms with Gasteiger partial charge in [-0.3, -0.25) is 10.1 Å². The molecule has 0 bridgehead atoms. The summed E-state index contributed by atoms with van der Waals surface area (Å²) in [7, 11) is 0. The number of carbonyl (C=O) groups excluding carboxylic acids is 1. The molecule has 1 aromatic heterocycles. The zero-order chi connectivity index (χ0) is 20.1. The van der Waals surface area contributed by atoms with Gasteiger partial charge in [-0.1, -0.05) is 35.3 Å². The number of amides is 1. The predicted octanol–water partition coefficient (Wildman–Crippen LogP) is 4.07. The lowest BCUT2D eigenvalue weighted by atomic mass is 10.2. The summed E-state index contributed by atoms with van der Waals surface area (Å²) in [5, 5.41) is 15.6.